The van der Waals surface area contributed by atoms with Crippen LogP contribution in [0.2, 0.25) is 0 Å². The maximum Gasteiger partial charge on any atom is 0.257 e. The summed E-state index contributed by atoms with van der Waals surface area (Å²) < 4.78 is 1.69. The molecule has 1 amide bonds. The summed E-state index contributed by atoms with van der Waals surface area (Å²) in [6.45, 7) is 6.38. The van der Waals surface area contributed by atoms with Gasteiger partial charge in [0.05, 0.1) is 11.3 Å². The first-order valence-corrected chi connectivity index (χ1v) is 5.61. The number of hydrogen-bond acceptors (Lipinski definition) is 3. The van der Waals surface area contributed by atoms with Gasteiger partial charge in [-0.1, -0.05) is 0 Å². The Morgan fingerprint density at radius 1 is 1.59 bits per heavy atom. The molecule has 5 nitrogen and oxygen atoms in total. The van der Waals surface area contributed by atoms with Gasteiger partial charge >= 0.3 is 0 Å². The maximum absolute atomic E-state index is 12.2. The van der Waals surface area contributed by atoms with Crippen LogP contribution in [0.1, 0.15) is 23.0 Å². The second kappa shape index (κ2) is 5.51. The number of halogens is 1. The van der Waals surface area contributed by atoms with Crippen LogP contribution < -0.4 is 5.32 Å². The lowest BCUT2D eigenvalue weighted by Crippen LogP contribution is -2.51. The zero-order chi connectivity index (χ0) is 11.7. The van der Waals surface area contributed by atoms with Gasteiger partial charge in [0.15, 0.2) is 0 Å². The standard InChI is InChI=1S/C11H18N4O.ClH/c1-8-6-15(5-4-12-8)11(16)10-7-14(3)13-9(10)2;/h7-8,12H,4-6H2,1-3H3;1H. The number of carbonyl (C=O) groups excluding carboxylic acids is 1. The third kappa shape index (κ3) is 2.98. The minimum absolute atomic E-state index is 0. The van der Waals surface area contributed by atoms with E-state index in [0.717, 1.165) is 30.9 Å². The van der Waals surface area contributed by atoms with Crippen LogP contribution in [0, 0.1) is 6.92 Å². The molecule has 2 rings (SSSR count). The van der Waals surface area contributed by atoms with E-state index < -0.39 is 0 Å². The molecule has 1 atom stereocenters. The molecule has 1 aromatic rings. The third-order valence-corrected chi connectivity index (χ3v) is 2.90. The first kappa shape index (κ1) is 14.0. The molecule has 0 bridgehead atoms. The van der Waals surface area contributed by atoms with E-state index in [2.05, 4.69) is 17.3 Å². The number of amides is 1. The van der Waals surface area contributed by atoms with E-state index in [4.69, 9.17) is 0 Å². The highest BCUT2D eigenvalue weighted by atomic mass is 35.5. The van der Waals surface area contributed by atoms with E-state index in [-0.39, 0.29) is 18.3 Å². The molecule has 0 radical (unpaired) electrons. The Labute approximate surface area is 108 Å². The SMILES string of the molecule is Cc1nn(C)cc1C(=O)N1CCNC(C)C1.Cl. The van der Waals surface area contributed by atoms with Crippen LogP contribution in [0.4, 0.5) is 0 Å². The van der Waals surface area contributed by atoms with Gasteiger partial charge in [-0.25, -0.2) is 0 Å². The van der Waals surface area contributed by atoms with Crippen LogP contribution >= 0.6 is 12.4 Å². The summed E-state index contributed by atoms with van der Waals surface area (Å²) in [5, 5.41) is 7.52. The normalized spacial score (nSPS) is 19.9. The number of carbonyl (C=O) groups is 1. The van der Waals surface area contributed by atoms with E-state index in [9.17, 15) is 4.79 Å². The molecule has 1 unspecified atom stereocenters. The molecule has 0 aromatic carbocycles. The predicted molar refractivity (Wildman–Crippen MR) is 68.6 cm³/mol. The zero-order valence-electron chi connectivity index (χ0n) is 10.4. The predicted octanol–water partition coefficient (Wildman–Crippen LogP) is 0.584. The number of hydrogen-bond donors (Lipinski definition) is 1. The van der Waals surface area contributed by atoms with E-state index in [1.807, 2.05) is 18.9 Å². The summed E-state index contributed by atoms with van der Waals surface area (Å²) in [4.78, 5) is 14.1. The monoisotopic (exact) mass is 258 g/mol. The van der Waals surface area contributed by atoms with Gasteiger partial charge < -0.3 is 10.2 Å². The zero-order valence-corrected chi connectivity index (χ0v) is 11.3. The molecular formula is C11H19ClN4O. The van der Waals surface area contributed by atoms with E-state index in [1.54, 1.807) is 10.9 Å². The van der Waals surface area contributed by atoms with Crippen LogP contribution in [-0.2, 0) is 7.05 Å². The summed E-state index contributed by atoms with van der Waals surface area (Å²) in [6.07, 6.45) is 1.80. The average molecular weight is 259 g/mol. The third-order valence-electron chi connectivity index (χ3n) is 2.90. The summed E-state index contributed by atoms with van der Waals surface area (Å²) in [7, 11) is 1.84. The summed E-state index contributed by atoms with van der Waals surface area (Å²) in [6, 6.07) is 0.370. The smallest absolute Gasteiger partial charge is 0.257 e. The van der Waals surface area contributed by atoms with Crippen molar-refractivity contribution in [3.8, 4) is 0 Å². The first-order valence-electron chi connectivity index (χ1n) is 5.61. The van der Waals surface area contributed by atoms with Crippen molar-refractivity contribution in [1.82, 2.24) is 20.0 Å². The number of nitrogens with zero attached hydrogens (tertiary/aromatic N) is 3. The van der Waals surface area contributed by atoms with Gasteiger partial charge in [-0.2, -0.15) is 5.10 Å². The van der Waals surface area contributed by atoms with Crippen molar-refractivity contribution >= 4 is 18.3 Å². The summed E-state index contributed by atoms with van der Waals surface area (Å²) in [5.74, 6) is 0.0963. The lowest BCUT2D eigenvalue weighted by atomic mass is 10.2. The van der Waals surface area contributed by atoms with Gasteiger partial charge in [-0.3, -0.25) is 9.48 Å². The fourth-order valence-electron chi connectivity index (χ4n) is 2.10. The fraction of sp³-hybridized carbons (Fsp3) is 0.636. The Bertz CT molecular complexity index is 404. The highest BCUT2D eigenvalue weighted by Gasteiger charge is 2.23. The van der Waals surface area contributed by atoms with Crippen molar-refractivity contribution in [1.29, 1.82) is 0 Å². The maximum atomic E-state index is 12.2. The van der Waals surface area contributed by atoms with Gasteiger partial charge in [-0.05, 0) is 13.8 Å². The molecule has 1 fully saturated rings. The van der Waals surface area contributed by atoms with Crippen LogP contribution in [0.5, 0.6) is 0 Å². The van der Waals surface area contributed by atoms with Crippen LogP contribution in [0.15, 0.2) is 6.20 Å². The lowest BCUT2D eigenvalue weighted by Gasteiger charge is -2.31. The number of piperazine rings is 1. The second-order valence-corrected chi connectivity index (χ2v) is 4.41. The molecule has 1 saturated heterocycles. The Balaban J connectivity index is 0.00000144. The molecule has 0 spiro atoms. The quantitative estimate of drug-likeness (QED) is 0.802. The molecule has 6 heteroatoms. The van der Waals surface area contributed by atoms with Crippen molar-refractivity contribution < 1.29 is 4.79 Å². The Hall–Kier alpha value is -1.07. The van der Waals surface area contributed by atoms with E-state index in [0.29, 0.717) is 6.04 Å². The minimum Gasteiger partial charge on any atom is -0.336 e. The van der Waals surface area contributed by atoms with Gasteiger partial charge in [0.25, 0.3) is 5.91 Å². The largest absolute Gasteiger partial charge is 0.336 e. The van der Waals surface area contributed by atoms with Crippen molar-refractivity contribution in [2.45, 2.75) is 19.9 Å². The number of aromatic nitrogens is 2. The Morgan fingerprint density at radius 3 is 2.82 bits per heavy atom. The van der Waals surface area contributed by atoms with Gasteiger partial charge in [-0.15, -0.1) is 12.4 Å². The van der Waals surface area contributed by atoms with Crippen molar-refractivity contribution in [2.75, 3.05) is 19.6 Å². The molecule has 17 heavy (non-hydrogen) atoms. The topological polar surface area (TPSA) is 50.2 Å². The van der Waals surface area contributed by atoms with Crippen molar-refractivity contribution in [3.63, 3.8) is 0 Å². The molecule has 0 saturated carbocycles. The summed E-state index contributed by atoms with van der Waals surface area (Å²) >= 11 is 0. The summed E-state index contributed by atoms with van der Waals surface area (Å²) in [5.41, 5.74) is 1.52. The lowest BCUT2D eigenvalue weighted by molar-refractivity contribution is 0.0708. The molecular weight excluding hydrogens is 240 g/mol. The van der Waals surface area contributed by atoms with Gasteiger partial charge in [0.1, 0.15) is 0 Å². The molecule has 1 aliphatic heterocycles. The molecule has 2 heterocycles. The van der Waals surface area contributed by atoms with Crippen LogP contribution in [0.3, 0.4) is 0 Å². The minimum atomic E-state index is 0. The molecule has 1 aromatic heterocycles. The fourth-order valence-corrected chi connectivity index (χ4v) is 2.10. The molecule has 96 valence electrons. The highest BCUT2D eigenvalue weighted by Crippen LogP contribution is 2.10. The molecule has 1 N–H and O–H groups in total. The average Bonchev–Trinajstić information content (AvgIpc) is 2.57. The van der Waals surface area contributed by atoms with E-state index >= 15 is 0 Å². The molecule has 0 aliphatic carbocycles. The van der Waals surface area contributed by atoms with E-state index in [1.165, 1.54) is 0 Å². The van der Waals surface area contributed by atoms with Crippen molar-refractivity contribution in [2.24, 2.45) is 7.05 Å². The number of nitrogens with one attached hydrogen (secondary N) is 1. The number of aryl methyl sites for hydroxylation is 2. The highest BCUT2D eigenvalue weighted by molar-refractivity contribution is 5.95. The van der Waals surface area contributed by atoms with Crippen LogP contribution in [-0.4, -0.2) is 46.3 Å². The Morgan fingerprint density at radius 2 is 2.29 bits per heavy atom. The van der Waals surface area contributed by atoms with Crippen molar-refractivity contribution in [3.05, 3.63) is 17.5 Å². The Kier molecular flexibility index (Phi) is 4.54. The van der Waals surface area contributed by atoms with Crippen LogP contribution in [0.25, 0.3) is 0 Å². The number of rotatable bonds is 1. The second-order valence-electron chi connectivity index (χ2n) is 4.41. The van der Waals surface area contributed by atoms with Gasteiger partial charge in [0.2, 0.25) is 0 Å². The first-order chi connectivity index (χ1) is 7.58. The van der Waals surface area contributed by atoms with Gasteiger partial charge in [0, 0.05) is 38.9 Å². The molecule has 1 aliphatic rings.